The van der Waals surface area contributed by atoms with Crippen molar-refractivity contribution in [2.75, 3.05) is 31.8 Å². The van der Waals surface area contributed by atoms with Crippen molar-refractivity contribution in [3.8, 4) is 17.6 Å². The number of anilines is 1. The second-order valence-corrected chi connectivity index (χ2v) is 24.4. The van der Waals surface area contributed by atoms with Crippen LogP contribution in [0.4, 0.5) is 10.5 Å². The Morgan fingerprint density at radius 1 is 1.09 bits per heavy atom. The number of aromatic nitrogens is 2. The van der Waals surface area contributed by atoms with Gasteiger partial charge in [-0.3, -0.25) is 23.6 Å². The number of hydrogen-bond donors (Lipinski definition) is 0. The van der Waals surface area contributed by atoms with E-state index >= 15 is 0 Å². The zero-order valence-corrected chi connectivity index (χ0v) is 42.7. The third-order valence-corrected chi connectivity index (χ3v) is 17.4. The summed E-state index contributed by atoms with van der Waals surface area (Å²) in [7, 11) is -1.07. The Balaban J connectivity index is 1.33. The molecule has 3 aliphatic rings. The molecule has 1 aromatic heterocycles. The minimum Gasteiger partial charge on any atom is -0.493 e. The van der Waals surface area contributed by atoms with Crippen LogP contribution < -0.4 is 25.6 Å². The largest absolute Gasteiger partial charge is 0.493 e. The average molecular weight is 952 g/mol. The van der Waals surface area contributed by atoms with Crippen molar-refractivity contribution in [1.82, 2.24) is 18.9 Å². The SMILES string of the molecule is [2H]C[C@H]1O[C@@H](n2cc(C)c(=O)n(CCCCCOc3cc4c(cc3OC)C(=O)N3C=C(C)C[C@H]3[C@H](O[Si](C)(C)C(C)(C)C)N4C(=O)OCC=C)c2=O)CC1OC(OCCC#N)N(C(C)C)C(C)C. The molecule has 0 bridgehead atoms. The molecule has 1 saturated heterocycles. The van der Waals surface area contributed by atoms with Gasteiger partial charge in [0.2, 0.25) is 6.41 Å². The number of methoxy groups -OCH3 is 1. The van der Waals surface area contributed by atoms with Gasteiger partial charge in [0, 0.05) is 50.4 Å². The van der Waals surface area contributed by atoms with Gasteiger partial charge in [-0.1, -0.05) is 39.0 Å². The number of hydrogen-bond acceptors (Lipinski definition) is 13. The predicted octanol–water partition coefficient (Wildman–Crippen LogP) is 8.21. The van der Waals surface area contributed by atoms with E-state index in [1.54, 1.807) is 24.0 Å². The van der Waals surface area contributed by atoms with Crippen molar-refractivity contribution in [3.63, 3.8) is 0 Å². The van der Waals surface area contributed by atoms with Crippen molar-refractivity contribution in [2.45, 2.75) is 182 Å². The van der Waals surface area contributed by atoms with E-state index in [4.69, 9.17) is 39.5 Å². The zero-order chi connectivity index (χ0) is 50.2. The van der Waals surface area contributed by atoms with Gasteiger partial charge in [0.15, 0.2) is 26.0 Å². The minimum atomic E-state index is -2.56. The lowest BCUT2D eigenvalue weighted by Crippen LogP contribution is -2.57. The van der Waals surface area contributed by atoms with Crippen molar-refractivity contribution in [3.05, 3.63) is 74.7 Å². The highest BCUT2D eigenvalue weighted by Gasteiger charge is 2.50. The first kappa shape index (κ1) is 51.6. The monoisotopic (exact) mass is 952 g/mol. The molecule has 2 aromatic rings. The molecule has 2 amide bonds. The van der Waals surface area contributed by atoms with Gasteiger partial charge in [0.05, 0.1) is 62.3 Å². The van der Waals surface area contributed by atoms with E-state index in [2.05, 4.69) is 46.5 Å². The Morgan fingerprint density at radius 2 is 1.81 bits per heavy atom. The van der Waals surface area contributed by atoms with Gasteiger partial charge in [-0.15, -0.1) is 0 Å². The molecule has 0 N–H and O–H groups in total. The fourth-order valence-electron chi connectivity index (χ4n) is 8.46. The summed E-state index contributed by atoms with van der Waals surface area (Å²) in [6, 6.07) is 4.90. The Morgan fingerprint density at radius 3 is 2.43 bits per heavy atom. The smallest absolute Gasteiger partial charge is 0.416 e. The van der Waals surface area contributed by atoms with E-state index in [-0.39, 0.29) is 80.4 Å². The maximum atomic E-state index is 14.4. The Hall–Kier alpha value is -4.77. The Kier molecular flexibility index (Phi) is 17.4. The summed E-state index contributed by atoms with van der Waals surface area (Å²) in [6.45, 7) is 26.3. The topological polar surface area (TPSA) is 176 Å². The first-order valence-electron chi connectivity index (χ1n) is 24.1. The van der Waals surface area contributed by atoms with Crippen LogP contribution in [0, 0.1) is 18.3 Å². The third kappa shape index (κ3) is 12.1. The molecule has 0 aliphatic carbocycles. The molecular weight excluding hydrogens is 877 g/mol. The molecule has 1 aromatic carbocycles. The number of unbranched alkanes of at least 4 members (excludes halogenated alkanes) is 2. The maximum Gasteiger partial charge on any atom is 0.416 e. The van der Waals surface area contributed by atoms with Crippen molar-refractivity contribution >= 4 is 26.0 Å². The summed E-state index contributed by atoms with van der Waals surface area (Å²) < 4.78 is 54.5. The molecule has 67 heavy (non-hydrogen) atoms. The Labute approximate surface area is 398 Å². The van der Waals surface area contributed by atoms with Crippen molar-refractivity contribution in [2.24, 2.45) is 0 Å². The van der Waals surface area contributed by atoms with E-state index in [0.29, 0.717) is 42.7 Å². The molecule has 4 heterocycles. The molecule has 18 heteroatoms. The average Bonchev–Trinajstić information content (AvgIpc) is 3.85. The van der Waals surface area contributed by atoms with Crippen LogP contribution in [0.5, 0.6) is 11.5 Å². The highest BCUT2D eigenvalue weighted by atomic mass is 28.4. The van der Waals surface area contributed by atoms with E-state index in [9.17, 15) is 19.2 Å². The first-order valence-corrected chi connectivity index (χ1v) is 26.3. The fraction of sp³-hybridized carbons (Fsp3) is 0.653. The quantitative estimate of drug-likeness (QED) is 0.0507. The number of aryl methyl sites for hydroxylation is 1. The van der Waals surface area contributed by atoms with Gasteiger partial charge in [0.25, 0.3) is 11.5 Å². The van der Waals surface area contributed by atoms with Gasteiger partial charge >= 0.3 is 11.8 Å². The zero-order valence-electron chi connectivity index (χ0n) is 42.7. The molecule has 0 spiro atoms. The molecule has 0 radical (unpaired) electrons. The van der Waals surface area contributed by atoms with Crippen molar-refractivity contribution in [1.29, 1.82) is 5.26 Å². The molecule has 5 rings (SSSR count). The second kappa shape index (κ2) is 22.6. The number of carbonyl (C=O) groups excluding carboxylic acids is 2. The molecule has 17 nitrogen and oxygen atoms in total. The van der Waals surface area contributed by atoms with Crippen LogP contribution in [0.2, 0.25) is 18.1 Å². The lowest BCUT2D eigenvalue weighted by atomic mass is 10.1. The van der Waals surface area contributed by atoms with E-state index < -0.39 is 62.8 Å². The first-order chi connectivity index (χ1) is 32.1. The van der Waals surface area contributed by atoms with Crippen LogP contribution in [-0.2, 0) is 29.9 Å². The van der Waals surface area contributed by atoms with Gasteiger partial charge in [-0.2, -0.15) is 5.26 Å². The molecular formula is C49H74N6O11Si. The second-order valence-electron chi connectivity index (χ2n) is 19.6. The van der Waals surface area contributed by atoms with Gasteiger partial charge in [-0.05, 0) is 98.3 Å². The van der Waals surface area contributed by atoms with E-state index in [1.807, 2.05) is 45.7 Å². The number of ether oxygens (including phenoxy) is 6. The van der Waals surface area contributed by atoms with Crippen LogP contribution in [0.1, 0.15) is 124 Å². The maximum absolute atomic E-state index is 14.4. The van der Waals surface area contributed by atoms with Crippen LogP contribution in [0.15, 0.2) is 52.3 Å². The number of nitrogens with zero attached hydrogens (tertiary/aromatic N) is 6. The summed E-state index contributed by atoms with van der Waals surface area (Å²) >= 11 is 0. The summed E-state index contributed by atoms with van der Waals surface area (Å²) in [5, 5.41) is 8.92. The third-order valence-electron chi connectivity index (χ3n) is 12.9. The molecule has 6 atom stereocenters. The van der Waals surface area contributed by atoms with Crippen molar-refractivity contribution < 1.29 is 43.8 Å². The van der Waals surface area contributed by atoms with E-state index in [1.165, 1.54) is 33.4 Å². The number of carbonyl (C=O) groups is 2. The van der Waals surface area contributed by atoms with Gasteiger partial charge in [0.1, 0.15) is 12.8 Å². The number of benzene rings is 1. The van der Waals surface area contributed by atoms with Crippen LogP contribution in [0.25, 0.3) is 0 Å². The fourth-order valence-corrected chi connectivity index (χ4v) is 9.68. The lowest BCUT2D eigenvalue weighted by Gasteiger charge is -2.44. The molecule has 1 fully saturated rings. The van der Waals surface area contributed by atoms with Gasteiger partial charge < -0.3 is 37.7 Å². The number of nitriles is 1. The summed E-state index contributed by atoms with van der Waals surface area (Å²) in [5.41, 5.74) is 0.919. The van der Waals surface area contributed by atoms with E-state index in [0.717, 1.165) is 5.57 Å². The molecule has 3 aliphatic heterocycles. The normalized spacial score (nSPS) is 21.5. The Bertz CT molecular complexity index is 2290. The van der Waals surface area contributed by atoms with Crippen LogP contribution >= 0.6 is 0 Å². The predicted molar refractivity (Wildman–Crippen MR) is 258 cm³/mol. The highest BCUT2D eigenvalue weighted by Crippen LogP contribution is 2.45. The molecule has 0 saturated carbocycles. The summed E-state index contributed by atoms with van der Waals surface area (Å²) in [6.07, 6.45) is 2.92. The minimum absolute atomic E-state index is 0.0470. The number of amides is 2. The standard InChI is InChI=1S/C49H74N6O11Si/c1-15-22-62-47(59)55-37-27-41(40(60-12)26-36(37)44(57)52-29-33(6)25-38(52)45(55)66-67(13,14)49(9,10)11)61-23-18-16-17-21-51-43(56)34(7)30-53(46(51)58)42-28-39(35(8)64-42)65-48(63-24-19-20-50)54(31(2)3)32(4)5/h15,26-27,29-32,35,38-39,42,45,48H,1,16-19,21-25,28H2,2-14H3/t35-,38+,39?,42-,45+,48?/m1/s1/i8D. The van der Waals surface area contributed by atoms with Crippen LogP contribution in [-0.4, -0.2) is 109 Å². The number of fused-ring (bicyclic) bond motifs is 2. The lowest BCUT2D eigenvalue weighted by molar-refractivity contribution is -0.263. The summed E-state index contributed by atoms with van der Waals surface area (Å²) in [4.78, 5) is 61.1. The van der Waals surface area contributed by atoms with Gasteiger partial charge in [-0.25, -0.2) is 14.5 Å². The highest BCUT2D eigenvalue weighted by molar-refractivity contribution is 6.74. The molecule has 370 valence electrons. The molecule has 2 unspecified atom stereocenters. The van der Waals surface area contributed by atoms with Crippen LogP contribution in [0.3, 0.4) is 0 Å². The summed E-state index contributed by atoms with van der Waals surface area (Å²) in [5.74, 6) is 0.302. The number of rotatable bonds is 21.